The van der Waals surface area contributed by atoms with E-state index in [0.717, 1.165) is 0 Å². The highest BCUT2D eigenvalue weighted by atomic mass is 15.0. The molecule has 2 aliphatic rings. The molecule has 0 aliphatic carbocycles. The fourth-order valence-electron chi connectivity index (χ4n) is 8.68. The molecule has 0 atom stereocenters. The molecule has 210 valence electrons. The van der Waals surface area contributed by atoms with Gasteiger partial charge in [0.25, 0.3) is 0 Å². The Morgan fingerprint density at radius 1 is 0.386 bits per heavy atom. The van der Waals surface area contributed by atoms with Crippen molar-refractivity contribution in [2.75, 3.05) is 0 Å². The second-order valence-electron chi connectivity index (χ2n) is 13.8. The van der Waals surface area contributed by atoms with Crippen molar-refractivity contribution in [1.82, 2.24) is 9.13 Å². The van der Waals surface area contributed by atoms with Gasteiger partial charge in [-0.05, 0) is 75.8 Å². The minimum absolute atomic E-state index is 0.0624. The summed E-state index contributed by atoms with van der Waals surface area (Å²) >= 11 is 0. The van der Waals surface area contributed by atoms with Crippen molar-refractivity contribution in [3.63, 3.8) is 0 Å². The summed E-state index contributed by atoms with van der Waals surface area (Å²) in [6, 6.07) is 45.7. The Bertz CT molecular complexity index is 2550. The van der Waals surface area contributed by atoms with Crippen molar-refractivity contribution in [2.45, 2.75) is 38.5 Å². The number of nitrogens with zero attached hydrogens (tertiary/aromatic N) is 2. The van der Waals surface area contributed by atoms with E-state index in [2.05, 4.69) is 158 Å². The molecule has 2 nitrogen and oxygen atoms in total. The third-order valence-corrected chi connectivity index (χ3v) is 10.9. The molecule has 0 bridgehead atoms. The molecule has 0 saturated carbocycles. The maximum Gasteiger partial charge on any atom is 0.0582 e. The van der Waals surface area contributed by atoms with Crippen LogP contribution >= 0.6 is 0 Å². The molecule has 2 aromatic heterocycles. The van der Waals surface area contributed by atoms with Crippen molar-refractivity contribution in [2.24, 2.45) is 0 Å². The van der Waals surface area contributed by atoms with E-state index >= 15 is 0 Å². The molecule has 0 N–H and O–H groups in total. The first-order valence-corrected chi connectivity index (χ1v) is 15.7. The van der Waals surface area contributed by atoms with Crippen molar-refractivity contribution in [1.29, 1.82) is 0 Å². The first kappa shape index (κ1) is 24.4. The summed E-state index contributed by atoms with van der Waals surface area (Å²) in [5.41, 5.74) is 15.7. The number of fused-ring (bicyclic) bond motifs is 10. The molecule has 0 amide bonds. The number of hydrogen-bond donors (Lipinski definition) is 0. The normalized spacial score (nSPS) is 15.6. The van der Waals surface area contributed by atoms with E-state index in [9.17, 15) is 0 Å². The van der Waals surface area contributed by atoms with Crippen LogP contribution in [-0.4, -0.2) is 9.13 Å². The van der Waals surface area contributed by atoms with Gasteiger partial charge in [-0.3, -0.25) is 0 Å². The van der Waals surface area contributed by atoms with Gasteiger partial charge in [0.1, 0.15) is 0 Å². The number of aromatic nitrogens is 2. The van der Waals surface area contributed by atoms with E-state index in [1.54, 1.807) is 0 Å². The maximum atomic E-state index is 2.50. The molecule has 6 aromatic carbocycles. The molecular weight excluding hydrogens is 532 g/mol. The predicted molar refractivity (Wildman–Crippen MR) is 185 cm³/mol. The molecule has 0 saturated heterocycles. The monoisotopic (exact) mass is 564 g/mol. The minimum Gasteiger partial charge on any atom is -0.309 e. The van der Waals surface area contributed by atoms with Crippen LogP contribution in [0.25, 0.3) is 66.1 Å². The average Bonchev–Trinajstić information content (AvgIpc) is 3.56. The molecule has 2 aliphatic heterocycles. The molecular formula is C42H32N2. The zero-order valence-corrected chi connectivity index (χ0v) is 25.4. The van der Waals surface area contributed by atoms with E-state index in [1.807, 2.05) is 0 Å². The maximum absolute atomic E-state index is 2.50. The highest BCUT2D eigenvalue weighted by Gasteiger charge is 2.37. The first-order chi connectivity index (χ1) is 21.4. The average molecular weight is 565 g/mol. The lowest BCUT2D eigenvalue weighted by Crippen LogP contribution is -2.26. The summed E-state index contributed by atoms with van der Waals surface area (Å²) < 4.78 is 5.00. The number of benzene rings is 6. The van der Waals surface area contributed by atoms with Gasteiger partial charge in [-0.15, -0.1) is 0 Å². The Labute approximate surface area is 256 Å². The molecule has 0 spiro atoms. The zero-order valence-electron chi connectivity index (χ0n) is 25.4. The topological polar surface area (TPSA) is 9.86 Å². The third-order valence-electron chi connectivity index (χ3n) is 10.9. The zero-order chi connectivity index (χ0) is 29.5. The second kappa shape index (κ2) is 7.89. The molecule has 8 aromatic rings. The largest absolute Gasteiger partial charge is 0.309 e. The van der Waals surface area contributed by atoms with Crippen LogP contribution in [0.1, 0.15) is 49.9 Å². The number of hydrogen-bond acceptors (Lipinski definition) is 0. The number of rotatable bonds is 1. The Morgan fingerprint density at radius 2 is 0.932 bits per heavy atom. The van der Waals surface area contributed by atoms with Gasteiger partial charge in [-0.25, -0.2) is 0 Å². The molecule has 44 heavy (non-hydrogen) atoms. The highest BCUT2D eigenvalue weighted by Crippen LogP contribution is 2.50. The summed E-state index contributed by atoms with van der Waals surface area (Å²) in [5.74, 6) is 0. The second-order valence-corrected chi connectivity index (χ2v) is 13.8. The van der Waals surface area contributed by atoms with Crippen LogP contribution in [0.3, 0.4) is 0 Å². The van der Waals surface area contributed by atoms with Gasteiger partial charge < -0.3 is 9.13 Å². The van der Waals surface area contributed by atoms with Crippen LogP contribution in [0, 0.1) is 0 Å². The van der Waals surface area contributed by atoms with Gasteiger partial charge in [0.15, 0.2) is 0 Å². The third kappa shape index (κ3) is 2.78. The molecule has 10 rings (SSSR count). The highest BCUT2D eigenvalue weighted by molar-refractivity contribution is 6.15. The van der Waals surface area contributed by atoms with Crippen molar-refractivity contribution in [3.8, 4) is 22.5 Å². The lowest BCUT2D eigenvalue weighted by Gasteiger charge is -2.35. The summed E-state index contributed by atoms with van der Waals surface area (Å²) in [4.78, 5) is 0. The van der Waals surface area contributed by atoms with Crippen molar-refractivity contribution >= 4 is 43.6 Å². The smallest absolute Gasteiger partial charge is 0.0582 e. The molecule has 2 heteroatoms. The summed E-state index contributed by atoms with van der Waals surface area (Å²) in [7, 11) is 0. The lowest BCUT2D eigenvalue weighted by molar-refractivity contribution is 0.630. The first-order valence-electron chi connectivity index (χ1n) is 15.7. The van der Waals surface area contributed by atoms with E-state index in [4.69, 9.17) is 0 Å². The van der Waals surface area contributed by atoms with Gasteiger partial charge >= 0.3 is 0 Å². The Balaban J connectivity index is 1.29. The molecule has 0 radical (unpaired) electrons. The van der Waals surface area contributed by atoms with Gasteiger partial charge in [-0.2, -0.15) is 0 Å². The Kier molecular flexibility index (Phi) is 4.37. The van der Waals surface area contributed by atoms with Crippen LogP contribution in [0.15, 0.2) is 121 Å². The van der Waals surface area contributed by atoms with Crippen LogP contribution in [0.5, 0.6) is 0 Å². The van der Waals surface area contributed by atoms with E-state index in [-0.39, 0.29) is 10.8 Å². The Morgan fingerprint density at radius 3 is 1.68 bits per heavy atom. The summed E-state index contributed by atoms with van der Waals surface area (Å²) in [6.07, 6.45) is 0. The lowest BCUT2D eigenvalue weighted by atomic mass is 9.74. The van der Waals surface area contributed by atoms with Crippen LogP contribution in [0.4, 0.5) is 0 Å². The molecule has 4 heterocycles. The fraction of sp³-hybridized carbons (Fsp3) is 0.143. The van der Waals surface area contributed by atoms with Crippen molar-refractivity contribution < 1.29 is 0 Å². The SMILES string of the molecule is CC1(C)c2ccccc2-n2c3ccc(-c4cc5c6c(c4)c4ccccc4n6-c4ccccc4C5(C)C)cc3c3cccc1c32. The quantitative estimate of drug-likeness (QED) is 0.188. The van der Waals surface area contributed by atoms with Crippen molar-refractivity contribution in [3.05, 3.63) is 144 Å². The summed E-state index contributed by atoms with van der Waals surface area (Å²) in [5, 5.41) is 5.28. The van der Waals surface area contributed by atoms with E-state index < -0.39 is 0 Å². The predicted octanol–water partition coefficient (Wildman–Crippen LogP) is 10.8. The van der Waals surface area contributed by atoms with Crippen LogP contribution < -0.4 is 0 Å². The minimum atomic E-state index is -0.127. The number of para-hydroxylation sites is 4. The Hall–Kier alpha value is -5.08. The van der Waals surface area contributed by atoms with Crippen LogP contribution in [-0.2, 0) is 10.8 Å². The summed E-state index contributed by atoms with van der Waals surface area (Å²) in [6.45, 7) is 9.51. The van der Waals surface area contributed by atoms with E-state index in [0.29, 0.717) is 0 Å². The van der Waals surface area contributed by atoms with Crippen LogP contribution in [0.2, 0.25) is 0 Å². The van der Waals surface area contributed by atoms with Gasteiger partial charge in [-0.1, -0.05) is 107 Å². The van der Waals surface area contributed by atoms with Gasteiger partial charge in [0, 0.05) is 32.4 Å². The van der Waals surface area contributed by atoms with Gasteiger partial charge in [0.2, 0.25) is 0 Å². The van der Waals surface area contributed by atoms with Gasteiger partial charge in [0.05, 0.1) is 33.4 Å². The fourth-order valence-corrected chi connectivity index (χ4v) is 8.68. The van der Waals surface area contributed by atoms with E-state index in [1.165, 1.54) is 88.4 Å². The molecule has 0 fully saturated rings. The molecule has 0 unspecified atom stereocenters. The standard InChI is InChI=1S/C42H32N2/c1-41(2)31-14-6-9-18-37(31)44-36-21-20-25(22-29(36)28-13-11-16-33(41)39(28)44)26-23-30-27-12-5-8-17-35(27)43-38-19-10-7-15-32(38)42(3,4)34(24-26)40(30)43/h5-24H,1-4H3.